The Morgan fingerprint density at radius 2 is 1.02 bits per heavy atom. The number of aromatic nitrogens is 7. The zero-order valence-corrected chi connectivity index (χ0v) is 68.6. The van der Waals surface area contributed by atoms with Crippen LogP contribution in [0.3, 0.4) is 0 Å². The molecule has 0 atom stereocenters. The van der Waals surface area contributed by atoms with E-state index in [-0.39, 0.29) is 29.5 Å². The number of alkyl halides is 1. The molecule has 7 saturated carbocycles. The number of nitrogen functional groups attached to an aromatic ring is 1. The quantitative estimate of drug-likeness (QED) is 0.0191. The van der Waals surface area contributed by atoms with Crippen molar-refractivity contribution in [1.82, 2.24) is 34.3 Å². The van der Waals surface area contributed by atoms with Gasteiger partial charge in [0.15, 0.2) is 17.3 Å². The summed E-state index contributed by atoms with van der Waals surface area (Å²) in [7, 11) is 2.19. The van der Waals surface area contributed by atoms with Crippen molar-refractivity contribution in [3.8, 4) is 11.8 Å². The van der Waals surface area contributed by atoms with E-state index in [4.69, 9.17) is 46.6 Å². The van der Waals surface area contributed by atoms with E-state index < -0.39 is 18.9 Å². The van der Waals surface area contributed by atoms with Crippen molar-refractivity contribution in [3.05, 3.63) is 255 Å². The van der Waals surface area contributed by atoms with Gasteiger partial charge in [0.25, 0.3) is 0 Å². The van der Waals surface area contributed by atoms with Gasteiger partial charge in [0.2, 0.25) is 17.5 Å². The smallest absolute Gasteiger partial charge is 0.454 e. The summed E-state index contributed by atoms with van der Waals surface area (Å²) in [5.74, 6) is 5.96. The minimum atomic E-state index is -1.05. The third-order valence-electron chi connectivity index (χ3n) is 21.1. The molecule has 590 valence electrons. The number of halogens is 3. The largest absolute Gasteiger partial charge is 0.481 e. The SMILES string of the molecule is CCOC(=O)C(=O)CBr.CCOC(=O)c1cn2cc(C3CCC3)ccc2n1.COc1ccc(Br)cn1.COc1ccc(C2CCC2)cn1.Clc1ccc(C2CCC2)cn1.Nc1ccc(C2CCC2)cn1.O=C1C=CC(C2CCC2)=CC1.OB(O)C1CCC1.c1ccc(C(=Nc2ccc(C3CCC3)cn2)c2ccccc2)cc1. The highest BCUT2D eigenvalue weighted by Crippen LogP contribution is 2.41. The number of allylic oxidation sites excluding steroid dienone is 4. The van der Waals surface area contributed by atoms with Crippen LogP contribution < -0.4 is 15.2 Å². The molecular formula is C89H105BBr2ClN9O10. The summed E-state index contributed by atoms with van der Waals surface area (Å²) in [6.45, 7) is 4.07. The average Bonchev–Trinajstić information content (AvgIpc) is 1.72. The number of hydrogen-bond acceptors (Lipinski definition) is 18. The first-order valence-corrected chi connectivity index (χ1v) is 41.6. The number of ketones is 2. The number of Topliss-reactive ketones (excluding diaryl/α,β-unsaturated/α-hetero) is 1. The molecule has 8 aliphatic rings. The number of methoxy groups -OCH3 is 2. The van der Waals surface area contributed by atoms with Crippen molar-refractivity contribution in [1.29, 1.82) is 0 Å². The van der Waals surface area contributed by atoms with E-state index in [0.717, 1.165) is 69.3 Å². The van der Waals surface area contributed by atoms with Crippen LogP contribution in [-0.2, 0) is 23.9 Å². The second-order valence-corrected chi connectivity index (χ2v) is 30.5. The minimum absolute atomic E-state index is 0.0336. The molecule has 7 heterocycles. The molecule has 4 N–H and O–H groups in total. The number of pyridine rings is 6. The maximum absolute atomic E-state index is 11.6. The third-order valence-corrected chi connectivity index (χ3v) is 22.3. The molecule has 0 amide bonds. The van der Waals surface area contributed by atoms with Gasteiger partial charge >= 0.3 is 19.1 Å². The Hall–Kier alpha value is -9.06. The Morgan fingerprint density at radius 3 is 1.40 bits per heavy atom. The standard InChI is InChI=1S/C22H20N2.C14H16N2O2.C10H13NO.C10H12O.C9H10ClN.C9H12N2.C6H6BrNO.C5H7BrO3.C4H9BO2/c1-3-8-18(9-4-1)22(19-10-5-2-6-11-19)24-21-15-14-20(16-23-21)17-12-7-13-17;1-2-18-14(17)12-9-16-8-11(10-4-3-5-10)6-7-13(16)15-12;1-12-10-6-5-9(7-11-10)8-3-2-4-8;11-10-6-4-9(5-7-10)8-2-1-3-8;2*10-9-5-4-8(6-11-9)7-2-1-3-7;1-9-6-3-2-5(7)4-8-6;1-2-9-5(8)4(7)3-6;6-5(7)4-2-1-3-4/h1-6,8-11,14-17H,7,12-13H2;6-10H,2-5H2,1H3;5-8H,2-4H2,1H3;4-6,8H,1-3,7H2;4-7H,1-3H2;4-7H,1-3H2,(H2,10,11);2-4H,1H3;2-3H2,1H3;4,6-7H,1-3H2. The average molecular weight is 1670 g/mol. The number of esters is 2. The molecule has 0 radical (unpaired) electrons. The second kappa shape index (κ2) is 46.8. The highest BCUT2D eigenvalue weighted by Gasteiger charge is 2.29. The normalized spacial score (nSPS) is 16.0. The monoisotopic (exact) mass is 1660 g/mol. The fourth-order valence-corrected chi connectivity index (χ4v) is 13.3. The fraction of sp³-hybridized carbons (Fsp3) is 0.404. The Balaban J connectivity index is 0.000000149. The molecule has 0 saturated heterocycles. The number of ether oxygens (including phenoxy) is 4. The number of carbonyl (C=O) groups excluding carboxylic acids is 4. The molecule has 17 rings (SSSR count). The lowest BCUT2D eigenvalue weighted by atomic mass is 9.61. The topological polar surface area (TPSA) is 266 Å². The van der Waals surface area contributed by atoms with Crippen LogP contribution in [0.5, 0.6) is 11.8 Å². The fourth-order valence-electron chi connectivity index (χ4n) is 12.7. The number of nitrogens with two attached hydrogens (primary N) is 1. The van der Waals surface area contributed by atoms with Crippen molar-refractivity contribution in [2.75, 3.05) is 38.5 Å². The molecule has 8 aliphatic carbocycles. The van der Waals surface area contributed by atoms with E-state index in [2.05, 4.69) is 133 Å². The van der Waals surface area contributed by atoms with Gasteiger partial charge in [-0.2, -0.15) is 0 Å². The van der Waals surface area contributed by atoms with E-state index in [9.17, 15) is 19.2 Å². The molecule has 0 bridgehead atoms. The maximum atomic E-state index is 11.6. The summed E-state index contributed by atoms with van der Waals surface area (Å²) in [5.41, 5.74) is 18.0. The van der Waals surface area contributed by atoms with Crippen LogP contribution >= 0.6 is 43.5 Å². The van der Waals surface area contributed by atoms with Crippen LogP contribution in [0.1, 0.15) is 234 Å². The Bertz CT molecular complexity index is 4320. The summed E-state index contributed by atoms with van der Waals surface area (Å²) in [4.78, 5) is 73.1. The Labute approximate surface area is 681 Å². The molecule has 19 nitrogen and oxygen atoms in total. The van der Waals surface area contributed by atoms with E-state index in [1.807, 2.05) is 108 Å². The predicted molar refractivity (Wildman–Crippen MR) is 451 cm³/mol. The molecule has 23 heteroatoms. The summed E-state index contributed by atoms with van der Waals surface area (Å²) in [5, 5.41) is 17.5. The highest BCUT2D eigenvalue weighted by atomic mass is 79.9. The number of benzene rings is 2. The molecule has 0 unspecified atom stereocenters. The van der Waals surface area contributed by atoms with Crippen LogP contribution in [-0.4, -0.2) is 113 Å². The van der Waals surface area contributed by atoms with Gasteiger partial charge in [-0.3, -0.25) is 9.59 Å². The van der Waals surface area contributed by atoms with Crippen LogP contribution in [0, 0.1) is 5.92 Å². The second-order valence-electron chi connectivity index (χ2n) is 28.7. The van der Waals surface area contributed by atoms with Crippen molar-refractivity contribution < 1.29 is 48.2 Å². The van der Waals surface area contributed by atoms with Crippen molar-refractivity contribution in [2.45, 2.75) is 191 Å². The number of anilines is 1. The number of carbonyl (C=O) groups is 4. The third kappa shape index (κ3) is 27.9. The molecule has 112 heavy (non-hydrogen) atoms. The van der Waals surface area contributed by atoms with E-state index in [1.54, 1.807) is 52.6 Å². The number of imidazole rings is 1. The van der Waals surface area contributed by atoms with Gasteiger partial charge in [-0.15, -0.1) is 0 Å². The summed E-state index contributed by atoms with van der Waals surface area (Å²) >= 11 is 11.8. The van der Waals surface area contributed by atoms with Crippen LogP contribution in [0.2, 0.25) is 11.0 Å². The summed E-state index contributed by atoms with van der Waals surface area (Å²) in [6.07, 6.45) is 46.7. The predicted octanol–water partition coefficient (Wildman–Crippen LogP) is 20.2. The first-order chi connectivity index (χ1) is 54.5. The minimum Gasteiger partial charge on any atom is -0.481 e. The van der Waals surface area contributed by atoms with Gasteiger partial charge in [-0.25, -0.2) is 44.5 Å². The van der Waals surface area contributed by atoms with Crippen LogP contribution in [0.15, 0.2) is 210 Å². The lowest BCUT2D eigenvalue weighted by Gasteiger charge is -2.27. The van der Waals surface area contributed by atoms with Crippen LogP contribution in [0.4, 0.5) is 11.6 Å². The Morgan fingerprint density at radius 1 is 0.545 bits per heavy atom. The number of nitrogens with zero attached hydrogens (tertiary/aromatic N) is 8. The van der Waals surface area contributed by atoms with Gasteiger partial charge in [0.05, 0.1) is 38.5 Å². The zero-order valence-electron chi connectivity index (χ0n) is 64.7. The van der Waals surface area contributed by atoms with Crippen molar-refractivity contribution in [3.63, 3.8) is 0 Å². The van der Waals surface area contributed by atoms with E-state index >= 15 is 0 Å². The number of fused-ring (bicyclic) bond motifs is 1. The zero-order chi connectivity index (χ0) is 79.4. The maximum Gasteiger partial charge on any atom is 0.454 e. The van der Waals surface area contributed by atoms with Gasteiger partial charge in [0, 0.05) is 77.5 Å². The first-order valence-electron chi connectivity index (χ1n) is 39.3. The van der Waals surface area contributed by atoms with Gasteiger partial charge in [-0.1, -0.05) is 188 Å². The highest BCUT2D eigenvalue weighted by molar-refractivity contribution is 9.10. The summed E-state index contributed by atoms with van der Waals surface area (Å²) in [6, 6.07) is 44.6. The first kappa shape index (κ1) is 86.9. The lowest BCUT2D eigenvalue weighted by Crippen LogP contribution is -2.25. The number of rotatable bonds is 17. The van der Waals surface area contributed by atoms with Crippen molar-refractivity contribution in [2.24, 2.45) is 10.9 Å². The van der Waals surface area contributed by atoms with Crippen LogP contribution in [0.25, 0.3) is 5.65 Å². The van der Waals surface area contributed by atoms with E-state index in [1.165, 1.54) is 155 Å². The molecule has 2 aromatic carbocycles. The number of aliphatic imine (C=N–C) groups is 1. The van der Waals surface area contributed by atoms with Gasteiger partial charge in [-0.05, 0) is 218 Å². The number of hydrogen-bond donors (Lipinski definition) is 3. The summed E-state index contributed by atoms with van der Waals surface area (Å²) < 4.78 is 22.0. The van der Waals surface area contributed by atoms with Gasteiger partial charge < -0.3 is 39.1 Å². The van der Waals surface area contributed by atoms with E-state index in [0.29, 0.717) is 53.3 Å². The molecule has 0 spiro atoms. The molecule has 9 aromatic rings. The van der Waals surface area contributed by atoms with Gasteiger partial charge in [0.1, 0.15) is 16.6 Å². The molecule has 0 aliphatic heterocycles. The Kier molecular flexibility index (Phi) is 36.3. The molecular weight excluding hydrogens is 1560 g/mol. The lowest BCUT2D eigenvalue weighted by molar-refractivity contribution is -0.152. The molecule has 7 aromatic heterocycles. The van der Waals surface area contributed by atoms with Crippen molar-refractivity contribution >= 4 is 97.1 Å². The molecule has 7 fully saturated rings.